The second-order valence-corrected chi connectivity index (χ2v) is 17.3. The number of nitrogens with zero attached hydrogens (tertiary/aromatic N) is 3. The topological polar surface area (TPSA) is 60.0 Å². The summed E-state index contributed by atoms with van der Waals surface area (Å²) in [5.41, 5.74) is 17.4. The zero-order valence-corrected chi connectivity index (χ0v) is 42.1. The van der Waals surface area contributed by atoms with Crippen LogP contribution in [0.2, 0.25) is 0 Å². The Morgan fingerprint density at radius 3 is 1.63 bits per heavy atom. The molecule has 0 atom stereocenters. The average Bonchev–Trinajstić information content (AvgIpc) is 3.93. The number of rotatable bonds is 5. The summed E-state index contributed by atoms with van der Waals surface area (Å²) in [5, 5.41) is 17.2. The van der Waals surface area contributed by atoms with E-state index in [2.05, 4.69) is 215 Å². The van der Waals surface area contributed by atoms with Gasteiger partial charge < -0.3 is 19.2 Å². The summed E-state index contributed by atoms with van der Waals surface area (Å²) in [6.45, 7) is 4.27. The fraction of sp³-hybridized carbons (Fsp3) is 0.0312. The molecule has 0 spiro atoms. The molecule has 7 heteroatoms. The largest absolute Gasteiger partial charge is 1.00 e. The first-order valence-corrected chi connectivity index (χ1v) is 23.2. The third kappa shape index (κ3) is 9.73. The van der Waals surface area contributed by atoms with Crippen LogP contribution in [0.15, 0.2) is 243 Å². The van der Waals surface area contributed by atoms with Crippen molar-refractivity contribution in [2.24, 2.45) is 0 Å². The summed E-state index contributed by atoms with van der Waals surface area (Å²) < 4.78 is 4.73. The molecule has 0 fully saturated rings. The van der Waals surface area contributed by atoms with E-state index >= 15 is 0 Å². The SMILES string of the molecule is Cc1ccc(C)c(-c2cc[c-]c(-c3ccccn3)c2)c1.[Ir].[Li+].[O-]c1cccc2ccc[nH+]c12.c1ccc(-n2c3ccccc3c3cc(-c4ccc5c(c4)c4ccccc4n5-c4ccccc4)ccc32)cc1. The van der Waals surface area contributed by atoms with Crippen LogP contribution in [0, 0.1) is 19.9 Å². The third-order valence-corrected chi connectivity index (χ3v) is 12.8. The van der Waals surface area contributed by atoms with Crippen LogP contribution in [-0.4, -0.2) is 14.1 Å². The maximum absolute atomic E-state index is 11.1. The van der Waals surface area contributed by atoms with Crippen molar-refractivity contribution in [3.8, 4) is 50.6 Å². The number of H-pyrrole nitrogens is 1. The Balaban J connectivity index is 0.000000158. The van der Waals surface area contributed by atoms with Crippen LogP contribution >= 0.6 is 0 Å². The van der Waals surface area contributed by atoms with Crippen LogP contribution in [0.3, 0.4) is 0 Å². The van der Waals surface area contributed by atoms with Gasteiger partial charge in [-0.25, -0.2) is 4.98 Å². The molecule has 13 aromatic rings. The molecule has 9 aromatic carbocycles. The van der Waals surface area contributed by atoms with E-state index in [4.69, 9.17) is 0 Å². The van der Waals surface area contributed by atoms with E-state index in [1.165, 1.54) is 88.4 Å². The van der Waals surface area contributed by atoms with Gasteiger partial charge in [-0.15, -0.1) is 35.4 Å². The second-order valence-electron chi connectivity index (χ2n) is 17.3. The molecule has 1 radical (unpaired) electrons. The Bertz CT molecular complexity index is 3780. The van der Waals surface area contributed by atoms with E-state index in [9.17, 15) is 5.11 Å². The molecular formula is C64H47IrLiN4O. The van der Waals surface area contributed by atoms with Crippen molar-refractivity contribution in [1.82, 2.24) is 14.1 Å². The molecule has 0 unspecified atom stereocenters. The molecule has 0 bridgehead atoms. The molecule has 0 aliphatic heterocycles. The molecule has 5 nitrogen and oxygen atoms in total. The van der Waals surface area contributed by atoms with Gasteiger partial charge in [0.1, 0.15) is 0 Å². The number of aryl methyl sites for hydroxylation is 2. The van der Waals surface area contributed by atoms with E-state index in [0.29, 0.717) is 5.52 Å². The predicted octanol–water partition coefficient (Wildman–Crippen LogP) is 12.1. The summed E-state index contributed by atoms with van der Waals surface area (Å²) in [4.78, 5) is 7.30. The van der Waals surface area contributed by atoms with Gasteiger partial charge in [0.25, 0.3) is 0 Å². The normalized spacial score (nSPS) is 10.8. The molecule has 0 aliphatic rings. The Labute approximate surface area is 439 Å². The first-order valence-electron chi connectivity index (χ1n) is 23.2. The first kappa shape index (κ1) is 48.2. The molecule has 71 heavy (non-hydrogen) atoms. The number of benzene rings is 9. The minimum atomic E-state index is 0. The predicted molar refractivity (Wildman–Crippen MR) is 284 cm³/mol. The van der Waals surface area contributed by atoms with Gasteiger partial charge in [-0.2, -0.15) is 0 Å². The van der Waals surface area contributed by atoms with E-state index in [0.717, 1.165) is 16.6 Å². The molecule has 0 aliphatic carbocycles. The molecule has 0 saturated heterocycles. The van der Waals surface area contributed by atoms with Crippen molar-refractivity contribution in [2.45, 2.75) is 13.8 Å². The zero-order valence-electron chi connectivity index (χ0n) is 39.7. The maximum atomic E-state index is 11.1. The maximum Gasteiger partial charge on any atom is 1.00 e. The molecule has 1 N–H and O–H groups in total. The van der Waals surface area contributed by atoms with Crippen LogP contribution in [0.1, 0.15) is 11.1 Å². The van der Waals surface area contributed by atoms with Gasteiger partial charge in [0.15, 0.2) is 6.20 Å². The summed E-state index contributed by atoms with van der Waals surface area (Å²) in [6, 6.07) is 83.4. The van der Waals surface area contributed by atoms with Crippen molar-refractivity contribution in [3.63, 3.8) is 0 Å². The van der Waals surface area contributed by atoms with Crippen LogP contribution in [0.25, 0.3) is 99.4 Å². The molecule has 339 valence electrons. The minimum absolute atomic E-state index is 0. The minimum Gasteiger partial charge on any atom is -0.868 e. The first-order chi connectivity index (χ1) is 34.0. The number of aromatic nitrogens is 4. The van der Waals surface area contributed by atoms with E-state index in [1.807, 2.05) is 48.7 Å². The average molecular weight is 1090 g/mol. The quantitative estimate of drug-likeness (QED) is 0.127. The molecule has 4 heterocycles. The monoisotopic (exact) mass is 1090 g/mol. The Morgan fingerprint density at radius 2 is 1.04 bits per heavy atom. The smallest absolute Gasteiger partial charge is 0.868 e. The van der Waals surface area contributed by atoms with Crippen LogP contribution in [0.5, 0.6) is 5.75 Å². The number of fused-ring (bicyclic) bond motifs is 7. The second kappa shape index (κ2) is 21.4. The standard InChI is InChI=1S/C36H24N2.C19H16N.C9H7NO.Ir.Li/c1-3-11-27(12-4-1)37-33-17-9-7-15-29(33)31-23-25(19-21-35(31)37)26-20-22-36-32(24-26)30-16-8-10-18-34(30)38(36)28-13-5-2-6-14-28;1-14-9-10-15(2)18(12-14)16-6-5-7-17(13-16)19-8-3-4-11-20-19;11-8-5-1-3-7-4-2-6-10-9(7)8;;/h1-24H;3-6,8-13H,1-2H3;1-6,11H;;/q;-1;;;+1. The molecule has 0 saturated carbocycles. The van der Waals surface area contributed by atoms with Gasteiger partial charge in [0.05, 0.1) is 22.1 Å². The van der Waals surface area contributed by atoms with Crippen molar-refractivity contribution in [1.29, 1.82) is 0 Å². The Hall–Kier alpha value is -7.81. The number of hydrogen-bond donors (Lipinski definition) is 0. The van der Waals surface area contributed by atoms with Crippen molar-refractivity contribution in [2.75, 3.05) is 0 Å². The van der Waals surface area contributed by atoms with E-state index < -0.39 is 0 Å². The van der Waals surface area contributed by atoms with Crippen molar-refractivity contribution in [3.05, 3.63) is 260 Å². The Kier molecular flexibility index (Phi) is 14.6. The Morgan fingerprint density at radius 1 is 0.479 bits per heavy atom. The summed E-state index contributed by atoms with van der Waals surface area (Å²) in [7, 11) is 0. The summed E-state index contributed by atoms with van der Waals surface area (Å²) in [6.07, 6.45) is 3.57. The fourth-order valence-electron chi connectivity index (χ4n) is 9.49. The van der Waals surface area contributed by atoms with Gasteiger partial charge in [0, 0.05) is 70.7 Å². The van der Waals surface area contributed by atoms with Gasteiger partial charge in [-0.05, 0) is 126 Å². The molecule has 4 aromatic heterocycles. The number of aromatic amines is 1. The van der Waals surface area contributed by atoms with Crippen molar-refractivity contribution >= 4 is 54.5 Å². The van der Waals surface area contributed by atoms with Gasteiger partial charge in [0.2, 0.25) is 5.52 Å². The van der Waals surface area contributed by atoms with Crippen LogP contribution in [-0.2, 0) is 20.1 Å². The summed E-state index contributed by atoms with van der Waals surface area (Å²) >= 11 is 0. The van der Waals surface area contributed by atoms with Gasteiger partial charge in [-0.1, -0.05) is 133 Å². The van der Waals surface area contributed by atoms with Gasteiger partial charge >= 0.3 is 18.9 Å². The van der Waals surface area contributed by atoms with E-state index in [1.54, 1.807) is 18.3 Å². The zero-order chi connectivity index (χ0) is 46.7. The molecule has 13 rings (SSSR count). The van der Waals surface area contributed by atoms with E-state index in [-0.39, 0.29) is 44.7 Å². The number of hydrogen-bond acceptors (Lipinski definition) is 2. The molecular weight excluding hydrogens is 1040 g/mol. The van der Waals surface area contributed by atoms with Gasteiger partial charge in [-0.3, -0.25) is 0 Å². The van der Waals surface area contributed by atoms with Crippen LogP contribution in [0.4, 0.5) is 0 Å². The molecule has 0 amide bonds. The third-order valence-electron chi connectivity index (χ3n) is 12.8. The van der Waals surface area contributed by atoms with Crippen LogP contribution < -0.4 is 29.0 Å². The number of para-hydroxylation sites is 5. The van der Waals surface area contributed by atoms with Crippen molar-refractivity contribution < 1.29 is 49.1 Å². The number of nitrogens with one attached hydrogen (secondary N) is 1. The summed E-state index contributed by atoms with van der Waals surface area (Å²) in [5.74, 6) is 0.0445. The number of pyridine rings is 2. The fourth-order valence-corrected chi connectivity index (χ4v) is 9.49.